The van der Waals surface area contributed by atoms with Gasteiger partial charge in [0.05, 0.1) is 28.2 Å². The first-order chi connectivity index (χ1) is 9.56. The SMILES string of the molecule is Nc1cc2c(=O)[nH]n(Cc3ccccc3Cl)c2cc1Cl. The van der Waals surface area contributed by atoms with Crippen LogP contribution in [0.25, 0.3) is 10.9 Å². The highest BCUT2D eigenvalue weighted by molar-refractivity contribution is 6.33. The van der Waals surface area contributed by atoms with Crippen LogP contribution in [0.2, 0.25) is 10.0 Å². The molecule has 1 heterocycles. The quantitative estimate of drug-likeness (QED) is 0.714. The summed E-state index contributed by atoms with van der Waals surface area (Å²) >= 11 is 12.2. The fourth-order valence-electron chi connectivity index (χ4n) is 2.15. The zero-order valence-electron chi connectivity index (χ0n) is 10.4. The Labute approximate surface area is 124 Å². The van der Waals surface area contributed by atoms with Crippen molar-refractivity contribution in [3.63, 3.8) is 0 Å². The summed E-state index contributed by atoms with van der Waals surface area (Å²) in [6.45, 7) is 0.457. The number of halogens is 2. The van der Waals surface area contributed by atoms with E-state index in [1.165, 1.54) is 0 Å². The Balaban J connectivity index is 2.16. The van der Waals surface area contributed by atoms with Crippen molar-refractivity contribution in [3.8, 4) is 0 Å². The first kappa shape index (κ1) is 13.1. The Morgan fingerprint density at radius 1 is 1.15 bits per heavy atom. The van der Waals surface area contributed by atoms with Gasteiger partial charge in [0, 0.05) is 5.02 Å². The Bertz CT molecular complexity index is 851. The van der Waals surface area contributed by atoms with Gasteiger partial charge in [-0.05, 0) is 23.8 Å². The molecule has 0 atom stereocenters. The minimum absolute atomic E-state index is 0.199. The molecule has 2 aromatic carbocycles. The number of hydrogen-bond acceptors (Lipinski definition) is 2. The summed E-state index contributed by atoms with van der Waals surface area (Å²) in [4.78, 5) is 11.9. The molecule has 0 aliphatic heterocycles. The van der Waals surface area contributed by atoms with Gasteiger partial charge in [0.15, 0.2) is 0 Å². The van der Waals surface area contributed by atoms with Gasteiger partial charge in [0.1, 0.15) is 0 Å². The lowest BCUT2D eigenvalue weighted by Gasteiger charge is -2.07. The highest BCUT2D eigenvalue weighted by atomic mass is 35.5. The minimum atomic E-state index is -0.199. The average molecular weight is 308 g/mol. The number of hydrogen-bond donors (Lipinski definition) is 2. The fraction of sp³-hybridized carbons (Fsp3) is 0.0714. The number of aromatic amines is 1. The molecule has 0 radical (unpaired) electrons. The smallest absolute Gasteiger partial charge is 0.272 e. The molecule has 3 N–H and O–H groups in total. The number of rotatable bonds is 2. The van der Waals surface area contributed by atoms with Crippen molar-refractivity contribution < 1.29 is 0 Å². The molecule has 4 nitrogen and oxygen atoms in total. The van der Waals surface area contributed by atoms with E-state index in [0.717, 1.165) is 5.56 Å². The third-order valence-electron chi connectivity index (χ3n) is 3.17. The summed E-state index contributed by atoms with van der Waals surface area (Å²) in [5, 5.41) is 4.35. The molecule has 0 aliphatic rings. The number of nitrogens with one attached hydrogen (secondary N) is 1. The lowest BCUT2D eigenvalue weighted by atomic mass is 10.2. The van der Waals surface area contributed by atoms with E-state index in [1.807, 2.05) is 24.3 Å². The van der Waals surface area contributed by atoms with Crippen LogP contribution in [0.1, 0.15) is 5.56 Å². The van der Waals surface area contributed by atoms with Gasteiger partial charge in [0.25, 0.3) is 5.56 Å². The number of nitrogens with two attached hydrogens (primary N) is 1. The maximum Gasteiger partial charge on any atom is 0.272 e. The van der Waals surface area contributed by atoms with E-state index in [2.05, 4.69) is 5.10 Å². The summed E-state index contributed by atoms with van der Waals surface area (Å²) in [5.41, 5.74) is 7.53. The van der Waals surface area contributed by atoms with Gasteiger partial charge >= 0.3 is 0 Å². The third kappa shape index (κ3) is 2.17. The van der Waals surface area contributed by atoms with Gasteiger partial charge in [-0.1, -0.05) is 41.4 Å². The molecule has 0 spiro atoms. The fourth-order valence-corrected chi connectivity index (χ4v) is 2.50. The molecular formula is C14H11Cl2N3O. The van der Waals surface area contributed by atoms with E-state index in [-0.39, 0.29) is 5.56 Å². The highest BCUT2D eigenvalue weighted by Gasteiger charge is 2.10. The van der Waals surface area contributed by atoms with Crippen LogP contribution in [-0.2, 0) is 6.54 Å². The summed E-state index contributed by atoms with van der Waals surface area (Å²) < 4.78 is 1.71. The number of anilines is 1. The molecule has 6 heteroatoms. The number of aromatic nitrogens is 2. The Kier molecular flexibility index (Phi) is 3.20. The van der Waals surface area contributed by atoms with Gasteiger partial charge in [-0.15, -0.1) is 0 Å². The van der Waals surface area contributed by atoms with Crippen LogP contribution in [0, 0.1) is 0 Å². The van der Waals surface area contributed by atoms with Crippen molar-refractivity contribution in [2.75, 3.05) is 5.73 Å². The number of nitrogens with zero attached hydrogens (tertiary/aromatic N) is 1. The second kappa shape index (κ2) is 4.89. The van der Waals surface area contributed by atoms with Crippen molar-refractivity contribution in [2.45, 2.75) is 6.54 Å². The molecule has 0 aliphatic carbocycles. The van der Waals surface area contributed by atoms with Gasteiger partial charge in [-0.3, -0.25) is 14.6 Å². The molecular weight excluding hydrogens is 297 g/mol. The summed E-state index contributed by atoms with van der Waals surface area (Å²) in [6, 6.07) is 10.7. The molecule has 1 aromatic heterocycles. The Morgan fingerprint density at radius 3 is 2.65 bits per heavy atom. The van der Waals surface area contributed by atoms with Crippen molar-refractivity contribution in [3.05, 3.63) is 62.4 Å². The van der Waals surface area contributed by atoms with Crippen LogP contribution in [0.5, 0.6) is 0 Å². The number of benzene rings is 2. The summed E-state index contributed by atoms with van der Waals surface area (Å²) in [7, 11) is 0. The lowest BCUT2D eigenvalue weighted by Crippen LogP contribution is -2.07. The van der Waals surface area contributed by atoms with Crippen LogP contribution < -0.4 is 11.3 Å². The topological polar surface area (TPSA) is 63.8 Å². The van der Waals surface area contributed by atoms with Crippen LogP contribution in [0.4, 0.5) is 5.69 Å². The van der Waals surface area contributed by atoms with Gasteiger partial charge in [-0.25, -0.2) is 0 Å². The molecule has 102 valence electrons. The van der Waals surface area contributed by atoms with Crippen molar-refractivity contribution in [2.24, 2.45) is 0 Å². The number of nitrogen functional groups attached to an aromatic ring is 1. The normalized spacial score (nSPS) is 11.1. The molecule has 0 unspecified atom stereocenters. The van der Waals surface area contributed by atoms with E-state index >= 15 is 0 Å². The van der Waals surface area contributed by atoms with E-state index < -0.39 is 0 Å². The maximum absolute atomic E-state index is 11.9. The molecule has 3 rings (SSSR count). The van der Waals surface area contributed by atoms with Crippen molar-refractivity contribution >= 4 is 39.8 Å². The third-order valence-corrected chi connectivity index (χ3v) is 3.87. The average Bonchev–Trinajstić information content (AvgIpc) is 2.70. The second-order valence-electron chi connectivity index (χ2n) is 4.51. The van der Waals surface area contributed by atoms with E-state index in [0.29, 0.717) is 33.2 Å². The highest BCUT2D eigenvalue weighted by Crippen LogP contribution is 2.25. The second-order valence-corrected chi connectivity index (χ2v) is 5.32. The Morgan fingerprint density at radius 2 is 1.90 bits per heavy atom. The first-order valence-corrected chi connectivity index (χ1v) is 6.73. The van der Waals surface area contributed by atoms with Gasteiger partial charge in [-0.2, -0.15) is 0 Å². The van der Waals surface area contributed by atoms with Gasteiger partial charge < -0.3 is 5.73 Å². The molecule has 0 saturated heterocycles. The van der Waals surface area contributed by atoms with Crippen LogP contribution in [-0.4, -0.2) is 9.78 Å². The maximum atomic E-state index is 11.9. The molecule has 0 amide bonds. The van der Waals surface area contributed by atoms with E-state index in [1.54, 1.807) is 16.8 Å². The van der Waals surface area contributed by atoms with E-state index in [4.69, 9.17) is 28.9 Å². The van der Waals surface area contributed by atoms with Crippen LogP contribution >= 0.6 is 23.2 Å². The predicted octanol–water partition coefficient (Wildman–Crippen LogP) is 3.27. The van der Waals surface area contributed by atoms with Crippen LogP contribution in [0.15, 0.2) is 41.2 Å². The minimum Gasteiger partial charge on any atom is -0.398 e. The number of H-pyrrole nitrogens is 1. The standard InChI is InChI=1S/C14H11Cl2N3O/c15-10-4-2-1-3-8(10)7-19-13-6-11(16)12(17)5-9(13)14(20)18-19/h1-6H,7,17H2,(H,18,20). The zero-order valence-corrected chi connectivity index (χ0v) is 11.9. The molecule has 3 aromatic rings. The van der Waals surface area contributed by atoms with Crippen LogP contribution in [0.3, 0.4) is 0 Å². The molecule has 0 bridgehead atoms. The first-order valence-electron chi connectivity index (χ1n) is 5.97. The number of fused-ring (bicyclic) bond motifs is 1. The summed E-state index contributed by atoms with van der Waals surface area (Å²) in [5.74, 6) is 0. The lowest BCUT2D eigenvalue weighted by molar-refractivity contribution is 0.703. The van der Waals surface area contributed by atoms with E-state index in [9.17, 15) is 4.79 Å². The molecule has 0 saturated carbocycles. The predicted molar refractivity (Wildman–Crippen MR) is 82.5 cm³/mol. The monoisotopic (exact) mass is 307 g/mol. The van der Waals surface area contributed by atoms with Crippen molar-refractivity contribution in [1.82, 2.24) is 9.78 Å². The largest absolute Gasteiger partial charge is 0.398 e. The molecule has 0 fully saturated rings. The Hall–Kier alpha value is -1.91. The summed E-state index contributed by atoms with van der Waals surface area (Å²) in [6.07, 6.45) is 0. The van der Waals surface area contributed by atoms with Gasteiger partial charge in [0.2, 0.25) is 0 Å². The zero-order chi connectivity index (χ0) is 14.3. The van der Waals surface area contributed by atoms with Crippen molar-refractivity contribution in [1.29, 1.82) is 0 Å². The molecule has 20 heavy (non-hydrogen) atoms.